The van der Waals surface area contributed by atoms with Crippen LogP contribution in [-0.4, -0.2) is 26.1 Å². The zero-order valence-corrected chi connectivity index (χ0v) is 12.0. The summed E-state index contributed by atoms with van der Waals surface area (Å²) in [5, 5.41) is 12.1. The van der Waals surface area contributed by atoms with Gasteiger partial charge in [0.15, 0.2) is 0 Å². The van der Waals surface area contributed by atoms with Crippen molar-refractivity contribution in [3.05, 3.63) is 35.9 Å². The molecule has 0 aromatic carbocycles. The van der Waals surface area contributed by atoms with Gasteiger partial charge in [0.1, 0.15) is 0 Å². The topological polar surface area (TPSA) is 47.7 Å². The Morgan fingerprint density at radius 2 is 1.79 bits per heavy atom. The molecule has 0 spiro atoms. The van der Waals surface area contributed by atoms with Gasteiger partial charge < -0.3 is 5.32 Å². The third-order valence-electron chi connectivity index (χ3n) is 2.92. The summed E-state index contributed by atoms with van der Waals surface area (Å²) in [5.41, 5.74) is 2.41. The van der Waals surface area contributed by atoms with E-state index < -0.39 is 0 Å². The predicted octanol–water partition coefficient (Wildman–Crippen LogP) is 1.89. The van der Waals surface area contributed by atoms with Gasteiger partial charge >= 0.3 is 0 Å². The Kier molecular flexibility index (Phi) is 4.74. The van der Waals surface area contributed by atoms with Gasteiger partial charge in [0.25, 0.3) is 0 Å². The van der Waals surface area contributed by atoms with Crippen LogP contribution in [0.1, 0.15) is 31.9 Å². The molecule has 2 aromatic heterocycles. The number of hydrogen-bond acceptors (Lipinski definition) is 3. The van der Waals surface area contributed by atoms with E-state index in [-0.39, 0.29) is 0 Å². The maximum atomic E-state index is 4.38. The molecule has 0 saturated carbocycles. The average Bonchev–Trinajstić information content (AvgIpc) is 2.99. The molecule has 1 N–H and O–H groups in total. The van der Waals surface area contributed by atoms with E-state index in [1.54, 1.807) is 0 Å². The third kappa shape index (κ3) is 4.21. The summed E-state index contributed by atoms with van der Waals surface area (Å²) in [5.74, 6) is 0.676. The van der Waals surface area contributed by atoms with Crippen LogP contribution in [0.25, 0.3) is 0 Å². The Morgan fingerprint density at radius 1 is 1.11 bits per heavy atom. The minimum absolute atomic E-state index is 0.676. The van der Waals surface area contributed by atoms with Crippen molar-refractivity contribution < 1.29 is 0 Å². The van der Waals surface area contributed by atoms with E-state index in [4.69, 9.17) is 0 Å². The summed E-state index contributed by atoms with van der Waals surface area (Å²) in [4.78, 5) is 0. The lowest BCUT2D eigenvalue weighted by atomic mass is 10.2. The Hall–Kier alpha value is -1.62. The van der Waals surface area contributed by atoms with Gasteiger partial charge in [0.05, 0.1) is 18.9 Å². The highest BCUT2D eigenvalue weighted by molar-refractivity contribution is 5.08. The van der Waals surface area contributed by atoms with E-state index in [2.05, 4.69) is 48.7 Å². The molecule has 0 radical (unpaired) electrons. The number of aryl methyl sites for hydroxylation is 1. The normalized spacial score (nSPS) is 11.4. The molecule has 0 amide bonds. The molecule has 0 saturated heterocycles. The second-order valence-corrected chi connectivity index (χ2v) is 5.28. The zero-order valence-electron chi connectivity index (χ0n) is 12.0. The molecule has 104 valence electrons. The molecule has 0 atom stereocenters. The SMILES string of the molecule is CCn1cc(Cn2cc(CNCC(C)C)cn2)cn1. The first-order valence-corrected chi connectivity index (χ1v) is 6.90. The van der Waals surface area contributed by atoms with Gasteiger partial charge in [-0.15, -0.1) is 0 Å². The maximum absolute atomic E-state index is 4.38. The molecule has 2 heterocycles. The van der Waals surface area contributed by atoms with Gasteiger partial charge in [0, 0.05) is 36.6 Å². The third-order valence-corrected chi connectivity index (χ3v) is 2.92. The maximum Gasteiger partial charge on any atom is 0.0690 e. The molecular weight excluding hydrogens is 238 g/mol. The fourth-order valence-electron chi connectivity index (χ4n) is 1.94. The minimum Gasteiger partial charge on any atom is -0.312 e. The summed E-state index contributed by atoms with van der Waals surface area (Å²) >= 11 is 0. The number of rotatable bonds is 7. The van der Waals surface area contributed by atoms with Crippen molar-refractivity contribution in [1.82, 2.24) is 24.9 Å². The fraction of sp³-hybridized carbons (Fsp3) is 0.571. The molecule has 0 aliphatic heterocycles. The largest absolute Gasteiger partial charge is 0.312 e. The standard InChI is InChI=1S/C14H23N5/c1-4-18-10-14(8-16-18)11-19-9-13(7-17-19)6-15-5-12(2)3/h7-10,12,15H,4-6,11H2,1-3H3. The molecule has 5 heteroatoms. The van der Waals surface area contributed by atoms with Gasteiger partial charge in [-0.3, -0.25) is 9.36 Å². The highest BCUT2D eigenvalue weighted by Crippen LogP contribution is 2.04. The van der Waals surface area contributed by atoms with Crippen LogP contribution >= 0.6 is 0 Å². The second-order valence-electron chi connectivity index (χ2n) is 5.28. The van der Waals surface area contributed by atoms with Crippen molar-refractivity contribution in [3.8, 4) is 0 Å². The molecule has 0 aliphatic rings. The van der Waals surface area contributed by atoms with Crippen LogP contribution in [0.3, 0.4) is 0 Å². The Labute approximate surface area is 114 Å². The lowest BCUT2D eigenvalue weighted by Crippen LogP contribution is -2.18. The van der Waals surface area contributed by atoms with Crippen LogP contribution < -0.4 is 5.32 Å². The van der Waals surface area contributed by atoms with Gasteiger partial charge in [-0.2, -0.15) is 10.2 Å². The van der Waals surface area contributed by atoms with Crippen molar-refractivity contribution in [3.63, 3.8) is 0 Å². The van der Waals surface area contributed by atoms with Crippen molar-refractivity contribution >= 4 is 0 Å². The summed E-state index contributed by atoms with van der Waals surface area (Å²) in [6.45, 7) is 10.1. The Balaban J connectivity index is 1.86. The molecule has 5 nitrogen and oxygen atoms in total. The molecule has 0 aliphatic carbocycles. The lowest BCUT2D eigenvalue weighted by molar-refractivity contribution is 0.552. The molecule has 2 rings (SSSR count). The summed E-state index contributed by atoms with van der Waals surface area (Å²) in [6, 6.07) is 0. The number of nitrogens with one attached hydrogen (secondary N) is 1. The summed E-state index contributed by atoms with van der Waals surface area (Å²) in [7, 11) is 0. The molecule has 2 aromatic rings. The van der Waals surface area contributed by atoms with Crippen molar-refractivity contribution in [2.24, 2.45) is 5.92 Å². The Morgan fingerprint density at radius 3 is 2.47 bits per heavy atom. The highest BCUT2D eigenvalue weighted by Gasteiger charge is 2.02. The Bertz CT molecular complexity index is 497. The number of aromatic nitrogens is 4. The van der Waals surface area contributed by atoms with Gasteiger partial charge in [-0.25, -0.2) is 0 Å². The second kappa shape index (κ2) is 6.52. The van der Waals surface area contributed by atoms with E-state index in [9.17, 15) is 0 Å². The minimum atomic E-state index is 0.676. The van der Waals surface area contributed by atoms with Crippen molar-refractivity contribution in [2.45, 2.75) is 40.4 Å². The van der Waals surface area contributed by atoms with E-state index in [1.807, 2.05) is 21.8 Å². The van der Waals surface area contributed by atoms with Crippen LogP contribution in [0, 0.1) is 5.92 Å². The van der Waals surface area contributed by atoms with Gasteiger partial charge in [-0.05, 0) is 19.4 Å². The monoisotopic (exact) mass is 261 g/mol. The van der Waals surface area contributed by atoms with Crippen LogP contribution in [0.5, 0.6) is 0 Å². The quantitative estimate of drug-likeness (QED) is 0.828. The van der Waals surface area contributed by atoms with Gasteiger partial charge in [-0.1, -0.05) is 13.8 Å². The molecule has 0 bridgehead atoms. The van der Waals surface area contributed by atoms with E-state index in [0.29, 0.717) is 5.92 Å². The van der Waals surface area contributed by atoms with Gasteiger partial charge in [0.2, 0.25) is 0 Å². The molecular formula is C14H23N5. The van der Waals surface area contributed by atoms with Crippen LogP contribution in [0.2, 0.25) is 0 Å². The summed E-state index contributed by atoms with van der Waals surface area (Å²) in [6.07, 6.45) is 7.99. The zero-order chi connectivity index (χ0) is 13.7. The predicted molar refractivity (Wildman–Crippen MR) is 75.8 cm³/mol. The fourth-order valence-corrected chi connectivity index (χ4v) is 1.94. The lowest BCUT2D eigenvalue weighted by Gasteiger charge is -2.05. The van der Waals surface area contributed by atoms with Crippen molar-refractivity contribution in [1.29, 1.82) is 0 Å². The van der Waals surface area contributed by atoms with E-state index >= 15 is 0 Å². The first-order valence-electron chi connectivity index (χ1n) is 6.90. The summed E-state index contributed by atoms with van der Waals surface area (Å²) < 4.78 is 3.90. The molecule has 0 fully saturated rings. The molecule has 0 unspecified atom stereocenters. The van der Waals surface area contributed by atoms with E-state index in [1.165, 1.54) is 11.1 Å². The van der Waals surface area contributed by atoms with Crippen LogP contribution in [-0.2, 0) is 19.6 Å². The number of nitrogens with zero attached hydrogens (tertiary/aromatic N) is 4. The van der Waals surface area contributed by atoms with Crippen LogP contribution in [0.15, 0.2) is 24.8 Å². The highest BCUT2D eigenvalue weighted by atomic mass is 15.3. The first kappa shape index (κ1) is 13.8. The average molecular weight is 261 g/mol. The van der Waals surface area contributed by atoms with Crippen LogP contribution in [0.4, 0.5) is 0 Å². The van der Waals surface area contributed by atoms with E-state index in [0.717, 1.165) is 26.2 Å². The van der Waals surface area contributed by atoms with Crippen molar-refractivity contribution in [2.75, 3.05) is 6.54 Å². The smallest absolute Gasteiger partial charge is 0.0690 e. The first-order chi connectivity index (χ1) is 9.17. The number of hydrogen-bond donors (Lipinski definition) is 1. The molecule has 19 heavy (non-hydrogen) atoms.